The summed E-state index contributed by atoms with van der Waals surface area (Å²) in [6.45, 7) is 5.35. The Bertz CT molecular complexity index is 778. The van der Waals surface area contributed by atoms with Crippen LogP contribution in [0.2, 0.25) is 0 Å². The maximum absolute atomic E-state index is 14.1. The van der Waals surface area contributed by atoms with Crippen LogP contribution in [0.25, 0.3) is 11.3 Å². The van der Waals surface area contributed by atoms with E-state index < -0.39 is 6.17 Å². The third-order valence-corrected chi connectivity index (χ3v) is 6.95. The van der Waals surface area contributed by atoms with Crippen LogP contribution in [0.4, 0.5) is 4.39 Å². The zero-order chi connectivity index (χ0) is 26.4. The number of rotatable bonds is 23. The number of halogens is 1. The van der Waals surface area contributed by atoms with Gasteiger partial charge in [0.05, 0.1) is 18.5 Å². The first kappa shape index (κ1) is 31.1. The summed E-state index contributed by atoms with van der Waals surface area (Å²) in [4.78, 5) is 4.50. The third kappa shape index (κ3) is 15.0. The molecule has 0 saturated carbocycles. The molecule has 1 aromatic heterocycles. The number of alkyl halides is 1. The molecule has 0 spiro atoms. The van der Waals surface area contributed by atoms with Gasteiger partial charge in [0.25, 0.3) is 0 Å². The number of ether oxygens (including phenoxy) is 2. The first-order valence-corrected chi connectivity index (χ1v) is 15.2. The van der Waals surface area contributed by atoms with Crippen molar-refractivity contribution in [3.05, 3.63) is 42.6 Å². The number of hydrogen-bond donors (Lipinski definition) is 0. The fourth-order valence-electron chi connectivity index (χ4n) is 4.55. The molecule has 0 fully saturated rings. The molecule has 0 saturated heterocycles. The van der Waals surface area contributed by atoms with Crippen molar-refractivity contribution in [3.8, 4) is 22.8 Å². The Morgan fingerprint density at radius 1 is 0.622 bits per heavy atom. The number of hydrogen-bond acceptors (Lipinski definition) is 3. The monoisotopic (exact) mass is 513 g/mol. The van der Waals surface area contributed by atoms with E-state index in [9.17, 15) is 4.39 Å². The Labute approximate surface area is 226 Å². The summed E-state index contributed by atoms with van der Waals surface area (Å²) in [7, 11) is 0. The van der Waals surface area contributed by atoms with Crippen molar-refractivity contribution < 1.29 is 13.9 Å². The standard InChI is InChI=1S/C33H52FNO2/c1-3-5-7-9-11-12-13-14-16-18-26-36-31-22-20-29(21-23-31)33-25-24-32(27-35-33)37-28-30(34)19-17-15-10-8-6-4-2/h20-25,27,30H,3-19,26,28H2,1-2H3. The summed E-state index contributed by atoms with van der Waals surface area (Å²) in [5.41, 5.74) is 1.90. The summed E-state index contributed by atoms with van der Waals surface area (Å²) in [5.74, 6) is 1.52. The van der Waals surface area contributed by atoms with Gasteiger partial charge in [-0.15, -0.1) is 0 Å². The minimum absolute atomic E-state index is 0.0983. The van der Waals surface area contributed by atoms with E-state index in [2.05, 4.69) is 18.8 Å². The highest BCUT2D eigenvalue weighted by Gasteiger charge is 2.08. The van der Waals surface area contributed by atoms with Gasteiger partial charge in [-0.1, -0.05) is 110 Å². The van der Waals surface area contributed by atoms with Crippen LogP contribution in [-0.2, 0) is 0 Å². The Balaban J connectivity index is 1.57. The number of benzene rings is 1. The quantitative estimate of drug-likeness (QED) is 0.138. The summed E-state index contributed by atoms with van der Waals surface area (Å²) < 4.78 is 25.7. The van der Waals surface area contributed by atoms with Gasteiger partial charge in [0, 0.05) is 5.56 Å². The topological polar surface area (TPSA) is 31.4 Å². The zero-order valence-electron chi connectivity index (χ0n) is 23.7. The summed E-state index contributed by atoms with van der Waals surface area (Å²) >= 11 is 0. The highest BCUT2D eigenvalue weighted by atomic mass is 19.1. The van der Waals surface area contributed by atoms with Crippen molar-refractivity contribution in [2.24, 2.45) is 0 Å². The van der Waals surface area contributed by atoms with E-state index in [0.29, 0.717) is 12.2 Å². The predicted octanol–water partition coefficient (Wildman–Crippen LogP) is 10.5. The second kappa shape index (κ2) is 20.9. The van der Waals surface area contributed by atoms with Gasteiger partial charge in [-0.3, -0.25) is 4.98 Å². The van der Waals surface area contributed by atoms with Crippen LogP contribution in [0.15, 0.2) is 42.6 Å². The maximum Gasteiger partial charge on any atom is 0.137 e. The van der Waals surface area contributed by atoms with Gasteiger partial charge in [-0.05, 0) is 49.2 Å². The molecular weight excluding hydrogens is 461 g/mol. The highest BCUT2D eigenvalue weighted by molar-refractivity contribution is 5.60. The molecule has 0 N–H and O–H groups in total. The van der Waals surface area contributed by atoms with Crippen LogP contribution < -0.4 is 9.47 Å². The largest absolute Gasteiger partial charge is 0.494 e. The molecule has 0 aliphatic rings. The fourth-order valence-corrected chi connectivity index (χ4v) is 4.55. The molecule has 1 atom stereocenters. The van der Waals surface area contributed by atoms with Gasteiger partial charge >= 0.3 is 0 Å². The van der Waals surface area contributed by atoms with E-state index in [1.165, 1.54) is 83.5 Å². The van der Waals surface area contributed by atoms with Gasteiger partial charge in [0.15, 0.2) is 0 Å². The van der Waals surface area contributed by atoms with Crippen LogP contribution in [-0.4, -0.2) is 24.4 Å². The number of unbranched alkanes of at least 4 members (excludes halogenated alkanes) is 14. The van der Waals surface area contributed by atoms with Gasteiger partial charge in [-0.25, -0.2) is 4.39 Å². The number of aromatic nitrogens is 1. The lowest BCUT2D eigenvalue weighted by Crippen LogP contribution is -2.12. The van der Waals surface area contributed by atoms with Gasteiger partial charge < -0.3 is 9.47 Å². The van der Waals surface area contributed by atoms with E-state index in [4.69, 9.17) is 9.47 Å². The van der Waals surface area contributed by atoms with Crippen LogP contribution in [0.3, 0.4) is 0 Å². The van der Waals surface area contributed by atoms with Gasteiger partial charge in [0.1, 0.15) is 24.3 Å². The van der Waals surface area contributed by atoms with E-state index in [1.54, 1.807) is 6.20 Å². The Morgan fingerprint density at radius 3 is 1.73 bits per heavy atom. The van der Waals surface area contributed by atoms with Crippen LogP contribution in [0, 0.1) is 0 Å². The molecule has 2 aromatic rings. The molecule has 0 aliphatic carbocycles. The SMILES string of the molecule is CCCCCCCCCCCCOc1ccc(-c2ccc(OCC(F)CCCCCCCC)cn2)cc1. The average molecular weight is 514 g/mol. The average Bonchev–Trinajstić information content (AvgIpc) is 2.93. The first-order chi connectivity index (χ1) is 18.2. The van der Waals surface area contributed by atoms with Crippen LogP contribution >= 0.6 is 0 Å². The summed E-state index contributed by atoms with van der Waals surface area (Å²) in [6.07, 6.45) is 21.7. The third-order valence-electron chi connectivity index (χ3n) is 6.95. The Kier molecular flexibility index (Phi) is 17.6. The van der Waals surface area contributed by atoms with Crippen LogP contribution in [0.5, 0.6) is 11.5 Å². The summed E-state index contributed by atoms with van der Waals surface area (Å²) in [6, 6.07) is 11.9. The fraction of sp³-hybridized carbons (Fsp3) is 0.667. The minimum atomic E-state index is -0.918. The van der Waals surface area contributed by atoms with E-state index in [-0.39, 0.29) is 6.61 Å². The molecule has 1 unspecified atom stereocenters. The summed E-state index contributed by atoms with van der Waals surface area (Å²) in [5, 5.41) is 0. The van der Waals surface area contributed by atoms with Crippen molar-refractivity contribution in [3.63, 3.8) is 0 Å². The normalized spacial score (nSPS) is 12.0. The molecule has 208 valence electrons. The molecular formula is C33H52FNO2. The Morgan fingerprint density at radius 2 is 1.16 bits per heavy atom. The van der Waals surface area contributed by atoms with Gasteiger partial charge in [-0.2, -0.15) is 0 Å². The number of pyridine rings is 1. The minimum Gasteiger partial charge on any atom is -0.494 e. The second-order valence-electron chi connectivity index (χ2n) is 10.4. The van der Waals surface area contributed by atoms with E-state index in [1.807, 2.05) is 36.4 Å². The first-order valence-electron chi connectivity index (χ1n) is 15.2. The van der Waals surface area contributed by atoms with Crippen LogP contribution in [0.1, 0.15) is 123 Å². The molecule has 0 aliphatic heterocycles. The molecule has 0 radical (unpaired) electrons. The van der Waals surface area contributed by atoms with E-state index >= 15 is 0 Å². The lowest BCUT2D eigenvalue weighted by Gasteiger charge is -2.11. The van der Waals surface area contributed by atoms with Crippen molar-refractivity contribution in [2.75, 3.05) is 13.2 Å². The van der Waals surface area contributed by atoms with Crippen molar-refractivity contribution in [1.82, 2.24) is 4.98 Å². The molecule has 1 heterocycles. The maximum atomic E-state index is 14.1. The van der Waals surface area contributed by atoms with Crippen molar-refractivity contribution >= 4 is 0 Å². The predicted molar refractivity (Wildman–Crippen MR) is 155 cm³/mol. The smallest absolute Gasteiger partial charge is 0.137 e. The van der Waals surface area contributed by atoms with Crippen molar-refractivity contribution in [1.29, 1.82) is 0 Å². The molecule has 0 bridgehead atoms. The lowest BCUT2D eigenvalue weighted by atomic mass is 10.1. The van der Waals surface area contributed by atoms with Gasteiger partial charge in [0.2, 0.25) is 0 Å². The molecule has 0 amide bonds. The zero-order valence-corrected chi connectivity index (χ0v) is 23.7. The van der Waals surface area contributed by atoms with E-state index in [0.717, 1.165) is 42.9 Å². The molecule has 3 nitrogen and oxygen atoms in total. The van der Waals surface area contributed by atoms with Crippen molar-refractivity contribution in [2.45, 2.75) is 129 Å². The highest BCUT2D eigenvalue weighted by Crippen LogP contribution is 2.23. The number of nitrogens with zero attached hydrogens (tertiary/aromatic N) is 1. The molecule has 2 rings (SSSR count). The Hall–Kier alpha value is -2.10. The molecule has 37 heavy (non-hydrogen) atoms. The molecule has 1 aromatic carbocycles. The second-order valence-corrected chi connectivity index (χ2v) is 10.4. The lowest BCUT2D eigenvalue weighted by molar-refractivity contribution is 0.183. The molecule has 4 heteroatoms.